The van der Waals surface area contributed by atoms with Crippen molar-refractivity contribution in [3.63, 3.8) is 0 Å². The van der Waals surface area contributed by atoms with Crippen LogP contribution in [0.15, 0.2) is 22.9 Å². The van der Waals surface area contributed by atoms with E-state index in [2.05, 4.69) is 46.1 Å². The van der Waals surface area contributed by atoms with Crippen LogP contribution < -0.4 is 5.32 Å². The summed E-state index contributed by atoms with van der Waals surface area (Å²) in [6.45, 7) is 8.68. The number of hydrogen-bond acceptors (Lipinski definition) is 6. The number of nitrogens with one attached hydrogen (secondary N) is 1. The van der Waals surface area contributed by atoms with E-state index in [1.807, 2.05) is 18.3 Å². The molecule has 1 aliphatic heterocycles. The second kappa shape index (κ2) is 6.41. The number of nitrogens with zero attached hydrogens (tertiary/aromatic N) is 4. The standard InChI is InChI=1S/C19H27N5O/c1-19(2,3)22-14-4-7-16(20-12-14)17-21-18(25-23-17)13-8-10-24(11-9-13)15-5-6-15/h4,7,12-13,15,22H,5-6,8-11H2,1-3H3. The van der Waals surface area contributed by atoms with E-state index in [-0.39, 0.29) is 5.54 Å². The van der Waals surface area contributed by atoms with Crippen LogP contribution in [0.3, 0.4) is 0 Å². The van der Waals surface area contributed by atoms with Crippen molar-refractivity contribution in [2.45, 2.75) is 64.0 Å². The van der Waals surface area contributed by atoms with Crippen molar-refractivity contribution in [2.75, 3.05) is 18.4 Å². The second-order valence-corrected chi connectivity index (χ2v) is 8.30. The van der Waals surface area contributed by atoms with Gasteiger partial charge >= 0.3 is 0 Å². The van der Waals surface area contributed by atoms with Gasteiger partial charge in [0.1, 0.15) is 5.69 Å². The van der Waals surface area contributed by atoms with Crippen molar-refractivity contribution in [2.24, 2.45) is 0 Å². The number of likely N-dealkylation sites (tertiary alicyclic amines) is 1. The lowest BCUT2D eigenvalue weighted by Gasteiger charge is -2.30. The molecule has 2 aromatic rings. The molecule has 134 valence electrons. The molecule has 1 saturated heterocycles. The number of rotatable bonds is 4. The first-order valence-electron chi connectivity index (χ1n) is 9.30. The van der Waals surface area contributed by atoms with Gasteiger partial charge in [0.25, 0.3) is 0 Å². The highest BCUT2D eigenvalue weighted by Crippen LogP contribution is 2.34. The van der Waals surface area contributed by atoms with Crippen LogP contribution in [0.4, 0.5) is 5.69 Å². The third kappa shape index (κ3) is 4.00. The summed E-state index contributed by atoms with van der Waals surface area (Å²) < 4.78 is 5.55. The fourth-order valence-corrected chi connectivity index (χ4v) is 3.49. The van der Waals surface area contributed by atoms with Crippen LogP contribution in [-0.2, 0) is 0 Å². The van der Waals surface area contributed by atoms with Gasteiger partial charge in [-0.3, -0.25) is 4.98 Å². The minimum atomic E-state index is 0.0117. The molecule has 1 saturated carbocycles. The Balaban J connectivity index is 1.40. The van der Waals surface area contributed by atoms with Crippen LogP contribution >= 0.6 is 0 Å². The molecular formula is C19H27N5O. The summed E-state index contributed by atoms with van der Waals surface area (Å²) in [7, 11) is 0. The van der Waals surface area contributed by atoms with Crippen LogP contribution in [-0.4, -0.2) is 44.7 Å². The van der Waals surface area contributed by atoms with Gasteiger partial charge in [-0.2, -0.15) is 4.98 Å². The van der Waals surface area contributed by atoms with Gasteiger partial charge in [0.15, 0.2) is 0 Å². The van der Waals surface area contributed by atoms with Crippen LogP contribution in [0.5, 0.6) is 0 Å². The minimum Gasteiger partial charge on any atom is -0.379 e. The van der Waals surface area contributed by atoms with Crippen molar-refractivity contribution in [1.82, 2.24) is 20.0 Å². The topological polar surface area (TPSA) is 67.1 Å². The summed E-state index contributed by atoms with van der Waals surface area (Å²) in [6, 6.07) is 4.81. The molecular weight excluding hydrogens is 314 g/mol. The average molecular weight is 341 g/mol. The van der Waals surface area contributed by atoms with Crippen molar-refractivity contribution in [3.05, 3.63) is 24.2 Å². The maximum atomic E-state index is 5.55. The fourth-order valence-electron chi connectivity index (χ4n) is 3.49. The van der Waals surface area contributed by atoms with Crippen molar-refractivity contribution in [3.8, 4) is 11.5 Å². The van der Waals surface area contributed by atoms with Crippen molar-refractivity contribution < 1.29 is 4.52 Å². The highest BCUT2D eigenvalue weighted by Gasteiger charge is 2.33. The summed E-state index contributed by atoms with van der Waals surface area (Å²) >= 11 is 0. The van der Waals surface area contributed by atoms with E-state index in [1.54, 1.807) is 0 Å². The summed E-state index contributed by atoms with van der Waals surface area (Å²) in [5, 5.41) is 7.55. The van der Waals surface area contributed by atoms with Crippen LogP contribution in [0.2, 0.25) is 0 Å². The molecule has 0 unspecified atom stereocenters. The van der Waals surface area contributed by atoms with Gasteiger partial charge in [-0.15, -0.1) is 0 Å². The first-order chi connectivity index (χ1) is 12.0. The number of piperidine rings is 1. The molecule has 1 aliphatic carbocycles. The highest BCUT2D eigenvalue weighted by atomic mass is 16.5. The Morgan fingerprint density at radius 1 is 1.12 bits per heavy atom. The highest BCUT2D eigenvalue weighted by molar-refractivity contribution is 5.53. The van der Waals surface area contributed by atoms with E-state index in [9.17, 15) is 0 Å². The first-order valence-corrected chi connectivity index (χ1v) is 9.30. The monoisotopic (exact) mass is 341 g/mol. The Hall–Kier alpha value is -1.95. The zero-order valence-corrected chi connectivity index (χ0v) is 15.3. The molecule has 3 heterocycles. The number of pyridine rings is 1. The smallest absolute Gasteiger partial charge is 0.230 e. The second-order valence-electron chi connectivity index (χ2n) is 8.30. The summed E-state index contributed by atoms with van der Waals surface area (Å²) in [5.74, 6) is 1.74. The zero-order chi connectivity index (χ0) is 17.4. The molecule has 6 heteroatoms. The first kappa shape index (κ1) is 16.5. The van der Waals surface area contributed by atoms with Gasteiger partial charge in [-0.25, -0.2) is 0 Å². The molecule has 2 aliphatic rings. The maximum Gasteiger partial charge on any atom is 0.230 e. The summed E-state index contributed by atoms with van der Waals surface area (Å²) in [6.07, 6.45) is 6.80. The third-order valence-electron chi connectivity index (χ3n) is 4.90. The zero-order valence-electron chi connectivity index (χ0n) is 15.3. The molecule has 2 fully saturated rings. The SMILES string of the molecule is CC(C)(C)Nc1ccc(-c2noc(C3CCN(C4CC4)CC3)n2)nc1. The number of aromatic nitrogens is 3. The fraction of sp³-hybridized carbons (Fsp3) is 0.632. The minimum absolute atomic E-state index is 0.0117. The summed E-state index contributed by atoms with van der Waals surface area (Å²) in [5.41, 5.74) is 1.76. The maximum absolute atomic E-state index is 5.55. The predicted molar refractivity (Wildman–Crippen MR) is 97.5 cm³/mol. The van der Waals surface area contributed by atoms with E-state index in [1.165, 1.54) is 12.8 Å². The average Bonchev–Trinajstić information content (AvgIpc) is 3.31. The summed E-state index contributed by atoms with van der Waals surface area (Å²) in [4.78, 5) is 11.7. The van der Waals surface area contributed by atoms with Crippen molar-refractivity contribution in [1.29, 1.82) is 0 Å². The van der Waals surface area contributed by atoms with Gasteiger partial charge < -0.3 is 14.7 Å². The molecule has 0 amide bonds. The third-order valence-corrected chi connectivity index (χ3v) is 4.90. The molecule has 4 rings (SSSR count). The lowest BCUT2D eigenvalue weighted by molar-refractivity contribution is 0.186. The molecule has 0 radical (unpaired) electrons. The predicted octanol–water partition coefficient (Wildman–Crippen LogP) is 3.68. The van der Waals surface area contributed by atoms with Gasteiger partial charge in [0.2, 0.25) is 11.7 Å². The molecule has 0 bridgehead atoms. The molecule has 0 aromatic carbocycles. The molecule has 2 aromatic heterocycles. The Bertz CT molecular complexity index is 706. The molecule has 0 atom stereocenters. The van der Waals surface area contributed by atoms with Crippen molar-refractivity contribution >= 4 is 5.69 Å². The molecule has 6 nitrogen and oxygen atoms in total. The van der Waals surface area contributed by atoms with Gasteiger partial charge in [-0.1, -0.05) is 5.16 Å². The van der Waals surface area contributed by atoms with E-state index in [4.69, 9.17) is 4.52 Å². The number of hydrogen-bond donors (Lipinski definition) is 1. The van der Waals surface area contributed by atoms with Crippen LogP contribution in [0.1, 0.15) is 58.3 Å². The molecule has 25 heavy (non-hydrogen) atoms. The largest absolute Gasteiger partial charge is 0.379 e. The van der Waals surface area contributed by atoms with Gasteiger partial charge in [0, 0.05) is 17.5 Å². The Morgan fingerprint density at radius 3 is 2.48 bits per heavy atom. The molecule has 0 spiro atoms. The number of anilines is 1. The van der Waals surface area contributed by atoms with E-state index in [0.717, 1.165) is 49.2 Å². The lowest BCUT2D eigenvalue weighted by atomic mass is 9.96. The normalized spacial score (nSPS) is 20.0. The van der Waals surface area contributed by atoms with Crippen LogP contribution in [0.25, 0.3) is 11.5 Å². The molecule has 1 N–H and O–H groups in total. The van der Waals surface area contributed by atoms with E-state index < -0.39 is 0 Å². The van der Waals surface area contributed by atoms with Gasteiger partial charge in [-0.05, 0) is 71.7 Å². The lowest BCUT2D eigenvalue weighted by Crippen LogP contribution is -2.34. The van der Waals surface area contributed by atoms with E-state index >= 15 is 0 Å². The Kier molecular flexibility index (Phi) is 4.23. The quantitative estimate of drug-likeness (QED) is 0.915. The Labute approximate surface area is 149 Å². The van der Waals surface area contributed by atoms with E-state index in [0.29, 0.717) is 11.7 Å². The van der Waals surface area contributed by atoms with Gasteiger partial charge in [0.05, 0.1) is 11.9 Å². The van der Waals surface area contributed by atoms with Crippen LogP contribution in [0, 0.1) is 0 Å². The Morgan fingerprint density at radius 2 is 1.88 bits per heavy atom.